The van der Waals surface area contributed by atoms with Crippen LogP contribution >= 0.6 is 0 Å². The van der Waals surface area contributed by atoms with E-state index < -0.39 is 29.7 Å². The number of hydrogen-bond donors (Lipinski definition) is 4. The van der Waals surface area contributed by atoms with Gasteiger partial charge < -0.3 is 20.4 Å². The van der Waals surface area contributed by atoms with E-state index in [2.05, 4.69) is 13.8 Å². The fourth-order valence-electron chi connectivity index (χ4n) is 4.80. The minimum Gasteiger partial charge on any atom is -0.478 e. The van der Waals surface area contributed by atoms with Gasteiger partial charge in [0, 0.05) is 12.0 Å². The molecule has 0 bridgehead atoms. The number of carboxylic acids is 1. The van der Waals surface area contributed by atoms with Crippen LogP contribution in [0.1, 0.15) is 33.6 Å². The second-order valence-electron chi connectivity index (χ2n) is 7.46. The number of fused-ring (bicyclic) bond motifs is 1. The summed E-state index contributed by atoms with van der Waals surface area (Å²) in [5.41, 5.74) is -1.26. The molecule has 0 aromatic rings. The lowest BCUT2D eigenvalue weighted by Crippen LogP contribution is -2.64. The minimum absolute atomic E-state index is 0.151. The van der Waals surface area contributed by atoms with Gasteiger partial charge in [-0.1, -0.05) is 39.0 Å². The Kier molecular flexibility index (Phi) is 5.33. The Labute approximate surface area is 137 Å². The van der Waals surface area contributed by atoms with Crippen LogP contribution in [0, 0.1) is 29.6 Å². The number of hydrogen-bond acceptors (Lipinski definition) is 4. The number of allylic oxidation sites excluding steroid dienone is 2. The van der Waals surface area contributed by atoms with Gasteiger partial charge in [-0.2, -0.15) is 0 Å². The molecule has 0 unspecified atom stereocenters. The summed E-state index contributed by atoms with van der Waals surface area (Å²) in [6, 6.07) is 0. The molecular formula is C18H28O5. The first-order valence-electron chi connectivity index (χ1n) is 8.35. The van der Waals surface area contributed by atoms with E-state index in [4.69, 9.17) is 5.11 Å². The SMILES string of the molecule is C[C@H]1C[C@@H]2[C@@H](O)[C@H](O)[C@H](C)[C@@](O)(/C=C/C=C/C(=O)O)[C@H]2[C@H](C)C1. The molecule has 0 heterocycles. The highest BCUT2D eigenvalue weighted by atomic mass is 16.4. The maximum atomic E-state index is 11.3. The van der Waals surface area contributed by atoms with Crippen molar-refractivity contribution in [3.8, 4) is 0 Å². The molecule has 5 nitrogen and oxygen atoms in total. The van der Waals surface area contributed by atoms with Gasteiger partial charge in [0.15, 0.2) is 0 Å². The smallest absolute Gasteiger partial charge is 0.328 e. The van der Waals surface area contributed by atoms with Crippen LogP contribution in [0.4, 0.5) is 0 Å². The number of aliphatic hydroxyl groups is 3. The molecule has 0 radical (unpaired) electrons. The summed E-state index contributed by atoms with van der Waals surface area (Å²) in [6.45, 7) is 5.95. The Morgan fingerprint density at radius 1 is 1.09 bits per heavy atom. The van der Waals surface area contributed by atoms with Gasteiger partial charge in [-0.3, -0.25) is 0 Å². The number of aliphatic hydroxyl groups excluding tert-OH is 2. The van der Waals surface area contributed by atoms with Crippen LogP contribution in [-0.4, -0.2) is 44.2 Å². The first-order valence-corrected chi connectivity index (χ1v) is 8.35. The maximum absolute atomic E-state index is 11.3. The predicted molar refractivity (Wildman–Crippen MR) is 86.6 cm³/mol. The lowest BCUT2D eigenvalue weighted by atomic mass is 9.53. The topological polar surface area (TPSA) is 98.0 Å². The second kappa shape index (κ2) is 6.75. The van der Waals surface area contributed by atoms with E-state index in [0.29, 0.717) is 5.92 Å². The van der Waals surface area contributed by atoms with E-state index in [9.17, 15) is 20.1 Å². The first-order chi connectivity index (χ1) is 10.7. The van der Waals surface area contributed by atoms with E-state index in [0.717, 1.165) is 18.9 Å². The van der Waals surface area contributed by atoms with E-state index in [1.807, 2.05) is 0 Å². The summed E-state index contributed by atoms with van der Waals surface area (Å²) in [4.78, 5) is 10.5. The lowest BCUT2D eigenvalue weighted by molar-refractivity contribution is -0.207. The molecule has 2 saturated carbocycles. The van der Waals surface area contributed by atoms with Crippen molar-refractivity contribution < 1.29 is 25.2 Å². The molecule has 0 saturated heterocycles. The Morgan fingerprint density at radius 2 is 1.74 bits per heavy atom. The fourth-order valence-corrected chi connectivity index (χ4v) is 4.80. The molecule has 0 amide bonds. The molecule has 0 aromatic heterocycles. The molecule has 2 rings (SSSR count). The highest BCUT2D eigenvalue weighted by Crippen LogP contribution is 2.52. The first kappa shape index (κ1) is 18.2. The second-order valence-corrected chi connectivity index (χ2v) is 7.46. The zero-order chi connectivity index (χ0) is 17.4. The zero-order valence-electron chi connectivity index (χ0n) is 14.0. The maximum Gasteiger partial charge on any atom is 0.328 e. The number of rotatable bonds is 3. The molecule has 23 heavy (non-hydrogen) atoms. The average molecular weight is 324 g/mol. The molecule has 0 aromatic carbocycles. The highest BCUT2D eigenvalue weighted by Gasteiger charge is 2.58. The minimum atomic E-state index is -1.26. The molecule has 2 fully saturated rings. The van der Waals surface area contributed by atoms with Crippen LogP contribution in [0.3, 0.4) is 0 Å². The summed E-state index contributed by atoms with van der Waals surface area (Å²) in [6.07, 6.45) is 5.42. The van der Waals surface area contributed by atoms with Gasteiger partial charge in [-0.05, 0) is 36.5 Å². The van der Waals surface area contributed by atoms with Crippen molar-refractivity contribution in [2.24, 2.45) is 29.6 Å². The van der Waals surface area contributed by atoms with E-state index in [-0.39, 0.29) is 17.8 Å². The molecule has 4 N–H and O–H groups in total. The molecular weight excluding hydrogens is 296 g/mol. The molecule has 0 aliphatic heterocycles. The van der Waals surface area contributed by atoms with Crippen LogP contribution in [0.15, 0.2) is 24.3 Å². The third-order valence-electron chi connectivity index (χ3n) is 5.80. The van der Waals surface area contributed by atoms with Crippen molar-refractivity contribution in [3.63, 3.8) is 0 Å². The van der Waals surface area contributed by atoms with E-state index in [1.54, 1.807) is 13.0 Å². The van der Waals surface area contributed by atoms with Crippen molar-refractivity contribution in [1.82, 2.24) is 0 Å². The summed E-state index contributed by atoms with van der Waals surface area (Å²) >= 11 is 0. The molecule has 2 aliphatic rings. The van der Waals surface area contributed by atoms with Gasteiger partial charge in [0.05, 0.1) is 17.8 Å². The lowest BCUT2D eigenvalue weighted by Gasteiger charge is -2.56. The van der Waals surface area contributed by atoms with Gasteiger partial charge in [0.2, 0.25) is 0 Å². The Morgan fingerprint density at radius 3 is 2.35 bits per heavy atom. The van der Waals surface area contributed by atoms with Crippen LogP contribution in [0.5, 0.6) is 0 Å². The van der Waals surface area contributed by atoms with Crippen molar-refractivity contribution in [2.75, 3.05) is 0 Å². The van der Waals surface area contributed by atoms with Crippen LogP contribution in [0.25, 0.3) is 0 Å². The summed E-state index contributed by atoms with van der Waals surface area (Å²) in [5, 5.41) is 40.8. The summed E-state index contributed by atoms with van der Waals surface area (Å²) < 4.78 is 0. The monoisotopic (exact) mass is 324 g/mol. The summed E-state index contributed by atoms with van der Waals surface area (Å²) in [7, 11) is 0. The third kappa shape index (κ3) is 3.37. The molecule has 8 atom stereocenters. The number of aliphatic carboxylic acids is 1. The van der Waals surface area contributed by atoms with Gasteiger partial charge in [-0.25, -0.2) is 4.79 Å². The third-order valence-corrected chi connectivity index (χ3v) is 5.80. The number of carbonyl (C=O) groups is 1. The highest BCUT2D eigenvalue weighted by molar-refractivity contribution is 5.80. The van der Waals surface area contributed by atoms with Gasteiger partial charge in [0.1, 0.15) is 0 Å². The molecule has 130 valence electrons. The van der Waals surface area contributed by atoms with Crippen molar-refractivity contribution in [2.45, 2.75) is 51.4 Å². The quantitative estimate of drug-likeness (QED) is 0.467. The standard InChI is InChI=1S/C18H28O5/c1-10-8-11(2)15-13(9-10)17(22)16(21)12(3)18(15,23)7-5-4-6-14(19)20/h4-7,10-13,15-17,21-23H,8-9H2,1-3H3,(H,19,20)/b6-4+,7-5+/t10-,11-,12+,13+,15+,16-,17-,18+/m1/s1. The van der Waals surface area contributed by atoms with E-state index >= 15 is 0 Å². The van der Waals surface area contributed by atoms with Gasteiger partial charge >= 0.3 is 5.97 Å². The fraction of sp³-hybridized carbons (Fsp3) is 0.722. The predicted octanol–water partition coefficient (Wildman–Crippen LogP) is 1.58. The van der Waals surface area contributed by atoms with Gasteiger partial charge in [-0.15, -0.1) is 0 Å². The average Bonchev–Trinajstić information content (AvgIpc) is 2.46. The summed E-state index contributed by atoms with van der Waals surface area (Å²) in [5.74, 6) is -1.22. The van der Waals surface area contributed by atoms with Crippen molar-refractivity contribution >= 4 is 5.97 Å². The zero-order valence-corrected chi connectivity index (χ0v) is 14.0. The molecule has 5 heteroatoms. The largest absolute Gasteiger partial charge is 0.478 e. The van der Waals surface area contributed by atoms with Gasteiger partial charge in [0.25, 0.3) is 0 Å². The number of carboxylic acid groups (broad SMARTS) is 1. The Balaban J connectivity index is 2.35. The van der Waals surface area contributed by atoms with Crippen molar-refractivity contribution in [3.05, 3.63) is 24.3 Å². The Bertz CT molecular complexity index is 500. The van der Waals surface area contributed by atoms with E-state index in [1.165, 1.54) is 12.2 Å². The normalized spacial score (nSPS) is 47.8. The molecule has 0 spiro atoms. The van der Waals surface area contributed by atoms with Crippen LogP contribution in [0.2, 0.25) is 0 Å². The Hall–Kier alpha value is -1.17. The van der Waals surface area contributed by atoms with Crippen molar-refractivity contribution in [1.29, 1.82) is 0 Å². The van der Waals surface area contributed by atoms with Crippen LogP contribution < -0.4 is 0 Å². The molecule has 2 aliphatic carbocycles. The van der Waals surface area contributed by atoms with Crippen LogP contribution in [-0.2, 0) is 4.79 Å².